The van der Waals surface area contributed by atoms with Gasteiger partial charge in [-0.05, 0) is 44.9 Å². The zero-order chi connectivity index (χ0) is 13.4. The quantitative estimate of drug-likeness (QED) is 0.710. The largest absolute Gasteiger partial charge is 0.492 e. The Morgan fingerprint density at radius 2 is 2.06 bits per heavy atom. The van der Waals surface area contributed by atoms with E-state index in [1.54, 1.807) is 6.07 Å². The Balaban J connectivity index is 2.16. The number of nitrogens with one attached hydrogen (secondary N) is 1. The minimum Gasteiger partial charge on any atom is -0.492 e. The maximum absolute atomic E-state index is 6.02. The summed E-state index contributed by atoms with van der Waals surface area (Å²) in [6.45, 7) is 6.08. The zero-order valence-corrected chi connectivity index (χ0v) is 12.5. The highest BCUT2D eigenvalue weighted by atomic mass is 35.5. The standard InChI is InChI=1S/C14H21Cl2NO/c1-3-11(2)17-9-4-5-10-18-13-8-6-7-12(15)14(13)16/h6-8,11,17H,3-5,9-10H2,1-2H3/t11-/m0/s1. The van der Waals surface area contributed by atoms with Crippen molar-refractivity contribution in [2.45, 2.75) is 39.2 Å². The highest BCUT2D eigenvalue weighted by molar-refractivity contribution is 6.42. The fourth-order valence-electron chi connectivity index (χ4n) is 1.50. The van der Waals surface area contributed by atoms with Crippen molar-refractivity contribution in [3.63, 3.8) is 0 Å². The average molecular weight is 290 g/mol. The number of unbranched alkanes of at least 4 members (excludes halogenated alkanes) is 1. The van der Waals surface area contributed by atoms with Gasteiger partial charge in [0.15, 0.2) is 0 Å². The van der Waals surface area contributed by atoms with Gasteiger partial charge in [0.25, 0.3) is 0 Å². The third kappa shape index (κ3) is 5.47. The minimum absolute atomic E-state index is 0.497. The summed E-state index contributed by atoms with van der Waals surface area (Å²) in [6, 6.07) is 6.03. The van der Waals surface area contributed by atoms with Gasteiger partial charge in [0.05, 0.1) is 11.6 Å². The molecule has 2 nitrogen and oxygen atoms in total. The van der Waals surface area contributed by atoms with Crippen LogP contribution in [0.5, 0.6) is 5.75 Å². The SMILES string of the molecule is CC[C@H](C)NCCCCOc1cccc(Cl)c1Cl. The van der Waals surface area contributed by atoms with Gasteiger partial charge >= 0.3 is 0 Å². The first-order valence-electron chi connectivity index (χ1n) is 6.45. The molecule has 0 heterocycles. The van der Waals surface area contributed by atoms with E-state index < -0.39 is 0 Å². The van der Waals surface area contributed by atoms with Gasteiger partial charge in [0.1, 0.15) is 10.8 Å². The topological polar surface area (TPSA) is 21.3 Å². The van der Waals surface area contributed by atoms with Crippen LogP contribution in [0, 0.1) is 0 Å². The first-order valence-corrected chi connectivity index (χ1v) is 7.21. The Bertz CT molecular complexity index is 358. The van der Waals surface area contributed by atoms with Gasteiger partial charge in [0, 0.05) is 6.04 Å². The highest BCUT2D eigenvalue weighted by Gasteiger charge is 2.04. The van der Waals surface area contributed by atoms with Crippen LogP contribution in [0.15, 0.2) is 18.2 Å². The van der Waals surface area contributed by atoms with Crippen LogP contribution >= 0.6 is 23.2 Å². The van der Waals surface area contributed by atoms with E-state index in [0.29, 0.717) is 28.4 Å². The van der Waals surface area contributed by atoms with Crippen molar-refractivity contribution in [3.05, 3.63) is 28.2 Å². The highest BCUT2D eigenvalue weighted by Crippen LogP contribution is 2.31. The van der Waals surface area contributed by atoms with Crippen LogP contribution in [0.4, 0.5) is 0 Å². The van der Waals surface area contributed by atoms with Crippen molar-refractivity contribution in [1.82, 2.24) is 5.32 Å². The van der Waals surface area contributed by atoms with Crippen molar-refractivity contribution in [2.75, 3.05) is 13.2 Å². The number of halogens is 2. The molecule has 0 spiro atoms. The molecule has 1 N–H and O–H groups in total. The maximum Gasteiger partial charge on any atom is 0.139 e. The molecule has 0 aliphatic carbocycles. The molecule has 1 rings (SSSR count). The molecule has 18 heavy (non-hydrogen) atoms. The summed E-state index contributed by atoms with van der Waals surface area (Å²) in [5, 5.41) is 4.48. The molecule has 1 aromatic rings. The molecule has 4 heteroatoms. The number of ether oxygens (including phenoxy) is 1. The summed E-state index contributed by atoms with van der Waals surface area (Å²) >= 11 is 11.9. The van der Waals surface area contributed by atoms with Crippen molar-refractivity contribution >= 4 is 23.2 Å². The molecule has 0 radical (unpaired) electrons. The van der Waals surface area contributed by atoms with Crippen molar-refractivity contribution in [2.24, 2.45) is 0 Å². The fourth-order valence-corrected chi connectivity index (χ4v) is 1.84. The summed E-state index contributed by atoms with van der Waals surface area (Å²) < 4.78 is 5.61. The predicted octanol–water partition coefficient (Wildman–Crippen LogP) is 4.54. The molecule has 0 aliphatic heterocycles. The van der Waals surface area contributed by atoms with Crippen LogP contribution in [0.25, 0.3) is 0 Å². The van der Waals surface area contributed by atoms with Crippen molar-refractivity contribution in [1.29, 1.82) is 0 Å². The van der Waals surface area contributed by atoms with Crippen molar-refractivity contribution in [3.8, 4) is 5.75 Å². The van der Waals surface area contributed by atoms with Gasteiger partial charge in [-0.15, -0.1) is 0 Å². The number of hydrogen-bond donors (Lipinski definition) is 1. The average Bonchev–Trinajstić information content (AvgIpc) is 2.38. The summed E-state index contributed by atoms with van der Waals surface area (Å²) in [4.78, 5) is 0. The number of hydrogen-bond acceptors (Lipinski definition) is 2. The van der Waals surface area contributed by atoms with E-state index in [9.17, 15) is 0 Å². The summed E-state index contributed by atoms with van der Waals surface area (Å²) in [6.07, 6.45) is 3.27. The Hall–Kier alpha value is -0.440. The van der Waals surface area contributed by atoms with E-state index in [0.717, 1.165) is 25.8 Å². The second-order valence-corrected chi connectivity index (χ2v) is 5.16. The molecule has 0 aromatic heterocycles. The third-order valence-corrected chi connectivity index (χ3v) is 3.65. The van der Waals surface area contributed by atoms with E-state index in [2.05, 4.69) is 19.2 Å². The molecule has 1 atom stereocenters. The predicted molar refractivity (Wildman–Crippen MR) is 78.9 cm³/mol. The summed E-state index contributed by atoms with van der Waals surface area (Å²) in [5.41, 5.74) is 0. The molecule has 0 bridgehead atoms. The monoisotopic (exact) mass is 289 g/mol. The maximum atomic E-state index is 6.02. The molecule has 0 saturated carbocycles. The Morgan fingerprint density at radius 1 is 1.28 bits per heavy atom. The van der Waals surface area contributed by atoms with Crippen molar-refractivity contribution < 1.29 is 4.74 Å². The Labute approximate surface area is 120 Å². The van der Waals surface area contributed by atoms with Crippen LogP contribution in [-0.2, 0) is 0 Å². The van der Waals surface area contributed by atoms with E-state index in [4.69, 9.17) is 27.9 Å². The minimum atomic E-state index is 0.497. The molecular weight excluding hydrogens is 269 g/mol. The van der Waals surface area contributed by atoms with Crippen LogP contribution < -0.4 is 10.1 Å². The Kier molecular flexibility index (Phi) is 7.48. The first-order chi connectivity index (χ1) is 8.65. The van der Waals surface area contributed by atoms with Gasteiger partial charge in [0.2, 0.25) is 0 Å². The molecular formula is C14H21Cl2NO. The van der Waals surface area contributed by atoms with Gasteiger partial charge in [-0.2, -0.15) is 0 Å². The normalized spacial score (nSPS) is 12.4. The second-order valence-electron chi connectivity index (χ2n) is 4.37. The van der Waals surface area contributed by atoms with Crippen LogP contribution in [0.3, 0.4) is 0 Å². The molecule has 0 aliphatic rings. The lowest BCUT2D eigenvalue weighted by molar-refractivity contribution is 0.305. The summed E-state index contributed by atoms with van der Waals surface area (Å²) in [7, 11) is 0. The van der Waals surface area contributed by atoms with Crippen LogP contribution in [0.1, 0.15) is 33.1 Å². The smallest absolute Gasteiger partial charge is 0.139 e. The summed E-state index contributed by atoms with van der Waals surface area (Å²) in [5.74, 6) is 0.666. The van der Waals surface area contributed by atoms with E-state index >= 15 is 0 Å². The Morgan fingerprint density at radius 3 is 2.78 bits per heavy atom. The van der Waals surface area contributed by atoms with Gasteiger partial charge in [-0.25, -0.2) is 0 Å². The molecule has 0 fully saturated rings. The van der Waals surface area contributed by atoms with E-state index in [-0.39, 0.29) is 0 Å². The lowest BCUT2D eigenvalue weighted by Crippen LogP contribution is -2.26. The molecule has 0 unspecified atom stereocenters. The lowest BCUT2D eigenvalue weighted by Gasteiger charge is -2.11. The second kappa shape index (κ2) is 8.63. The lowest BCUT2D eigenvalue weighted by atomic mass is 10.2. The van der Waals surface area contributed by atoms with Gasteiger partial charge < -0.3 is 10.1 Å². The van der Waals surface area contributed by atoms with Crippen LogP contribution in [0.2, 0.25) is 10.0 Å². The first kappa shape index (κ1) is 15.6. The number of benzene rings is 1. The fraction of sp³-hybridized carbons (Fsp3) is 0.571. The van der Waals surface area contributed by atoms with E-state index in [1.807, 2.05) is 12.1 Å². The van der Waals surface area contributed by atoms with Gasteiger partial charge in [-0.1, -0.05) is 36.2 Å². The van der Waals surface area contributed by atoms with Crippen LogP contribution in [-0.4, -0.2) is 19.2 Å². The van der Waals surface area contributed by atoms with E-state index in [1.165, 1.54) is 0 Å². The number of rotatable bonds is 8. The zero-order valence-electron chi connectivity index (χ0n) is 11.0. The molecule has 0 amide bonds. The molecule has 1 aromatic carbocycles. The molecule has 0 saturated heterocycles. The molecule has 102 valence electrons. The van der Waals surface area contributed by atoms with Gasteiger partial charge in [-0.3, -0.25) is 0 Å². The third-order valence-electron chi connectivity index (χ3n) is 2.85.